The molecule has 2 aliphatic rings. The van der Waals surface area contributed by atoms with Crippen LogP contribution in [0.3, 0.4) is 0 Å². The number of rotatable bonds is 0. The molecule has 76 valence electrons. The fourth-order valence-electron chi connectivity index (χ4n) is 2.57. The quantitative estimate of drug-likeness (QED) is 0.578. The minimum Gasteiger partial charge on any atom is -0.389 e. The lowest BCUT2D eigenvalue weighted by atomic mass is 9.72. The summed E-state index contributed by atoms with van der Waals surface area (Å²) in [5.41, 5.74) is -0.313. The van der Waals surface area contributed by atoms with E-state index >= 15 is 0 Å². The van der Waals surface area contributed by atoms with E-state index in [2.05, 4.69) is 5.32 Å². The van der Waals surface area contributed by atoms with E-state index in [1.54, 1.807) is 0 Å². The highest BCUT2D eigenvalue weighted by Crippen LogP contribution is 2.45. The van der Waals surface area contributed by atoms with Gasteiger partial charge in [-0.1, -0.05) is 0 Å². The van der Waals surface area contributed by atoms with Crippen LogP contribution in [0.1, 0.15) is 26.7 Å². The largest absolute Gasteiger partial charge is 0.389 e. The molecule has 3 heteroatoms. The molecule has 2 fully saturated rings. The molecule has 13 heavy (non-hydrogen) atoms. The van der Waals surface area contributed by atoms with Crippen LogP contribution < -0.4 is 5.32 Å². The second-order valence-electron chi connectivity index (χ2n) is 4.91. The molecule has 0 aromatic carbocycles. The maximum absolute atomic E-state index is 10.2. The minimum absolute atomic E-state index is 0.0365. The normalized spacial score (nSPS) is 36.7. The van der Waals surface area contributed by atoms with Crippen molar-refractivity contribution >= 4 is 0 Å². The summed E-state index contributed by atoms with van der Waals surface area (Å²) in [7, 11) is 0. The van der Waals surface area contributed by atoms with E-state index in [1.807, 2.05) is 13.8 Å². The smallest absolute Gasteiger partial charge is 0.0903 e. The van der Waals surface area contributed by atoms with Gasteiger partial charge in [0, 0.05) is 5.41 Å². The number of aliphatic hydroxyl groups is 1. The van der Waals surface area contributed by atoms with Crippen molar-refractivity contribution in [1.82, 2.24) is 5.32 Å². The van der Waals surface area contributed by atoms with Gasteiger partial charge in [-0.05, 0) is 39.8 Å². The van der Waals surface area contributed by atoms with Gasteiger partial charge in [-0.3, -0.25) is 0 Å². The Kier molecular flexibility index (Phi) is 2.13. The molecule has 1 atom stereocenters. The Hall–Kier alpha value is -0.120. The molecular weight excluding hydrogens is 166 g/mol. The Morgan fingerprint density at radius 2 is 1.92 bits per heavy atom. The van der Waals surface area contributed by atoms with Gasteiger partial charge in [0.25, 0.3) is 0 Å². The maximum Gasteiger partial charge on any atom is 0.0903 e. The Bertz CT molecular complexity index is 197. The zero-order valence-electron chi connectivity index (χ0n) is 8.47. The first-order valence-electron chi connectivity index (χ1n) is 5.10. The first kappa shape index (κ1) is 9.44. The molecule has 0 aliphatic carbocycles. The van der Waals surface area contributed by atoms with Crippen LogP contribution in [0.2, 0.25) is 0 Å². The molecule has 1 spiro atoms. The molecule has 0 bridgehead atoms. The zero-order chi connectivity index (χ0) is 9.53. The molecule has 0 saturated carbocycles. The van der Waals surface area contributed by atoms with E-state index in [0.29, 0.717) is 0 Å². The van der Waals surface area contributed by atoms with Crippen LogP contribution in [0.25, 0.3) is 0 Å². The molecule has 2 N–H and O–H groups in total. The summed E-state index contributed by atoms with van der Waals surface area (Å²) in [4.78, 5) is 0. The third-order valence-electron chi connectivity index (χ3n) is 3.57. The van der Waals surface area contributed by atoms with Crippen molar-refractivity contribution in [2.45, 2.75) is 38.4 Å². The van der Waals surface area contributed by atoms with Gasteiger partial charge in [0.05, 0.1) is 18.3 Å². The van der Waals surface area contributed by atoms with Crippen LogP contribution in [-0.2, 0) is 4.74 Å². The Balaban J connectivity index is 2.15. The monoisotopic (exact) mass is 185 g/mol. The average Bonchev–Trinajstić information content (AvgIpc) is 2.33. The highest BCUT2D eigenvalue weighted by molar-refractivity contribution is 5.02. The highest BCUT2D eigenvalue weighted by Gasteiger charge is 2.53. The van der Waals surface area contributed by atoms with Gasteiger partial charge in [0.1, 0.15) is 0 Å². The summed E-state index contributed by atoms with van der Waals surface area (Å²) in [5.74, 6) is 0. The van der Waals surface area contributed by atoms with Crippen LogP contribution in [0.15, 0.2) is 0 Å². The maximum atomic E-state index is 10.2. The van der Waals surface area contributed by atoms with Gasteiger partial charge >= 0.3 is 0 Å². The molecule has 0 unspecified atom stereocenters. The summed E-state index contributed by atoms with van der Waals surface area (Å²) in [6, 6.07) is 0. The van der Waals surface area contributed by atoms with Gasteiger partial charge in [-0.2, -0.15) is 0 Å². The van der Waals surface area contributed by atoms with Gasteiger partial charge < -0.3 is 15.2 Å². The summed E-state index contributed by atoms with van der Waals surface area (Å²) in [6.07, 6.45) is 1.77. The fourth-order valence-corrected chi connectivity index (χ4v) is 2.57. The number of hydrogen-bond donors (Lipinski definition) is 2. The molecule has 3 nitrogen and oxygen atoms in total. The number of nitrogens with one attached hydrogen (secondary N) is 1. The standard InChI is InChI=1S/C10H19NO2/c1-9(2)8(12)10(7-13-9)3-5-11-6-4-10/h8,11-12H,3-7H2,1-2H3/t8-/m1/s1. The van der Waals surface area contributed by atoms with Crippen LogP contribution in [0.4, 0.5) is 0 Å². The zero-order valence-corrected chi connectivity index (χ0v) is 8.47. The molecule has 0 aromatic heterocycles. The van der Waals surface area contributed by atoms with Crippen molar-refractivity contribution in [3.63, 3.8) is 0 Å². The number of hydrogen-bond acceptors (Lipinski definition) is 3. The van der Waals surface area contributed by atoms with Crippen molar-refractivity contribution < 1.29 is 9.84 Å². The fraction of sp³-hybridized carbons (Fsp3) is 1.00. The molecule has 0 aromatic rings. The van der Waals surface area contributed by atoms with Gasteiger partial charge in [-0.15, -0.1) is 0 Å². The summed E-state index contributed by atoms with van der Waals surface area (Å²) >= 11 is 0. The summed E-state index contributed by atoms with van der Waals surface area (Å²) in [5, 5.41) is 13.5. The SMILES string of the molecule is CC1(C)OCC2(CCNCC2)[C@@H]1O. The predicted octanol–water partition coefficient (Wildman–Crippen LogP) is 0.526. The van der Waals surface area contributed by atoms with Crippen molar-refractivity contribution in [2.24, 2.45) is 5.41 Å². The number of ether oxygens (including phenoxy) is 1. The second-order valence-corrected chi connectivity index (χ2v) is 4.91. The molecule has 2 heterocycles. The molecule has 0 amide bonds. The van der Waals surface area contributed by atoms with E-state index in [4.69, 9.17) is 4.74 Å². The van der Waals surface area contributed by atoms with Crippen molar-refractivity contribution in [2.75, 3.05) is 19.7 Å². The van der Waals surface area contributed by atoms with E-state index < -0.39 is 0 Å². The van der Waals surface area contributed by atoms with Crippen LogP contribution in [0.5, 0.6) is 0 Å². The van der Waals surface area contributed by atoms with E-state index in [9.17, 15) is 5.11 Å². The topological polar surface area (TPSA) is 41.5 Å². The highest BCUT2D eigenvalue weighted by atomic mass is 16.5. The molecular formula is C10H19NO2. The predicted molar refractivity (Wildman–Crippen MR) is 50.6 cm³/mol. The second kappa shape index (κ2) is 2.94. The van der Waals surface area contributed by atoms with Crippen molar-refractivity contribution in [3.05, 3.63) is 0 Å². The van der Waals surface area contributed by atoms with Gasteiger partial charge in [-0.25, -0.2) is 0 Å². The molecule has 2 aliphatic heterocycles. The number of aliphatic hydroxyl groups excluding tert-OH is 1. The lowest BCUT2D eigenvalue weighted by Gasteiger charge is -2.37. The number of piperidine rings is 1. The first-order chi connectivity index (χ1) is 6.07. The average molecular weight is 185 g/mol. The Morgan fingerprint density at radius 3 is 2.38 bits per heavy atom. The third-order valence-corrected chi connectivity index (χ3v) is 3.57. The molecule has 0 radical (unpaired) electrons. The Labute approximate surface area is 79.5 Å². The molecule has 2 rings (SSSR count). The summed E-state index contributed by atoms with van der Waals surface area (Å²) < 4.78 is 5.67. The minimum atomic E-state index is -0.350. The lowest BCUT2D eigenvalue weighted by molar-refractivity contribution is -0.0410. The van der Waals surface area contributed by atoms with Crippen molar-refractivity contribution in [1.29, 1.82) is 0 Å². The van der Waals surface area contributed by atoms with E-state index in [1.165, 1.54) is 0 Å². The van der Waals surface area contributed by atoms with E-state index in [-0.39, 0.29) is 17.1 Å². The lowest BCUT2D eigenvalue weighted by Crippen LogP contribution is -2.47. The van der Waals surface area contributed by atoms with Gasteiger partial charge in [0.2, 0.25) is 0 Å². The van der Waals surface area contributed by atoms with E-state index in [0.717, 1.165) is 32.5 Å². The van der Waals surface area contributed by atoms with Crippen LogP contribution in [0, 0.1) is 5.41 Å². The van der Waals surface area contributed by atoms with Crippen molar-refractivity contribution in [3.8, 4) is 0 Å². The van der Waals surface area contributed by atoms with Crippen LogP contribution in [-0.4, -0.2) is 36.5 Å². The third kappa shape index (κ3) is 1.39. The first-order valence-corrected chi connectivity index (χ1v) is 5.10. The Morgan fingerprint density at radius 1 is 1.31 bits per heavy atom. The molecule has 2 saturated heterocycles. The summed E-state index contributed by atoms with van der Waals surface area (Å²) in [6.45, 7) is 6.71. The van der Waals surface area contributed by atoms with Gasteiger partial charge in [0.15, 0.2) is 0 Å². The van der Waals surface area contributed by atoms with Crippen LogP contribution >= 0.6 is 0 Å².